The molecule has 0 spiro atoms. The number of fused-ring (bicyclic) bond motifs is 1. The normalized spacial score (nSPS) is 15.1. The van der Waals surface area contributed by atoms with Crippen molar-refractivity contribution in [2.24, 2.45) is 5.92 Å². The first-order valence-electron chi connectivity index (χ1n) is 11.0. The van der Waals surface area contributed by atoms with E-state index in [0.29, 0.717) is 26.1 Å². The Balaban J connectivity index is 1.65. The number of nitrogens with one attached hydrogen (secondary N) is 2. The van der Waals surface area contributed by atoms with Crippen LogP contribution in [0, 0.1) is 5.92 Å². The first-order chi connectivity index (χ1) is 17.0. The van der Waals surface area contributed by atoms with Crippen molar-refractivity contribution in [1.82, 2.24) is 15.0 Å². The molecule has 1 saturated heterocycles. The predicted molar refractivity (Wildman–Crippen MR) is 124 cm³/mol. The van der Waals surface area contributed by atoms with Crippen LogP contribution in [0.3, 0.4) is 0 Å². The molecule has 0 atom stereocenters. The highest BCUT2D eigenvalue weighted by Crippen LogP contribution is 2.35. The average Bonchev–Trinajstić information content (AvgIpc) is 3.22. The van der Waals surface area contributed by atoms with E-state index in [4.69, 9.17) is 9.94 Å². The van der Waals surface area contributed by atoms with Crippen LogP contribution in [-0.2, 0) is 27.5 Å². The number of ether oxygens (including phenoxy) is 1. The fraction of sp³-hybridized carbons (Fsp3) is 0.364. The zero-order valence-electron chi connectivity index (χ0n) is 19.1. The summed E-state index contributed by atoms with van der Waals surface area (Å²) in [4.78, 5) is 14.9. The zero-order chi connectivity index (χ0) is 26.1. The Labute approximate surface area is 204 Å². The second-order valence-electron chi connectivity index (χ2n) is 8.34. The zero-order valence-corrected chi connectivity index (χ0v) is 19.9. The highest BCUT2D eigenvalue weighted by molar-refractivity contribution is 7.92. The smallest absolute Gasteiger partial charge is 0.381 e. The summed E-state index contributed by atoms with van der Waals surface area (Å²) in [5.41, 5.74) is 2.05. The van der Waals surface area contributed by atoms with Gasteiger partial charge in [0.1, 0.15) is 0 Å². The fourth-order valence-electron chi connectivity index (χ4n) is 4.07. The van der Waals surface area contributed by atoms with Crippen molar-refractivity contribution in [2.45, 2.75) is 30.5 Å². The van der Waals surface area contributed by atoms with E-state index >= 15 is 0 Å². The van der Waals surface area contributed by atoms with Gasteiger partial charge in [0.15, 0.2) is 0 Å². The number of halogens is 3. The number of hydroxylamine groups is 1. The number of sulfonamides is 1. The topological polar surface area (TPSA) is 126 Å². The van der Waals surface area contributed by atoms with E-state index in [1.54, 1.807) is 0 Å². The Hall–Kier alpha value is -3.36. The molecule has 3 aromatic rings. The summed E-state index contributed by atoms with van der Waals surface area (Å²) in [5, 5.41) is 10.8. The SMILES string of the molecule is CN(c1ccc2c(c1)nc(C(F)(F)F)n2CC1CCOCC1)S(=O)(=O)c1ccc(NC(=O)NO)cc1. The number of rotatable bonds is 6. The van der Waals surface area contributed by atoms with Gasteiger partial charge < -0.3 is 14.6 Å². The van der Waals surface area contributed by atoms with Gasteiger partial charge in [0.25, 0.3) is 10.0 Å². The number of hydrogen-bond donors (Lipinski definition) is 3. The summed E-state index contributed by atoms with van der Waals surface area (Å²) >= 11 is 0. The average molecular weight is 528 g/mol. The number of anilines is 2. The maximum atomic E-state index is 13.8. The number of carbonyl (C=O) groups excluding carboxylic acids is 1. The van der Waals surface area contributed by atoms with Gasteiger partial charge in [-0.05, 0) is 61.2 Å². The maximum absolute atomic E-state index is 13.8. The molecule has 2 amide bonds. The lowest BCUT2D eigenvalue weighted by molar-refractivity contribution is -0.147. The minimum atomic E-state index is -4.68. The van der Waals surface area contributed by atoms with Crippen molar-refractivity contribution in [3.63, 3.8) is 0 Å². The van der Waals surface area contributed by atoms with Crippen LogP contribution in [0.25, 0.3) is 11.0 Å². The maximum Gasteiger partial charge on any atom is 0.449 e. The quantitative estimate of drug-likeness (QED) is 0.331. The molecule has 14 heteroatoms. The third kappa shape index (κ3) is 5.24. The van der Waals surface area contributed by atoms with E-state index in [1.807, 2.05) is 0 Å². The molecule has 194 valence electrons. The molecule has 4 rings (SSSR count). The van der Waals surface area contributed by atoms with Gasteiger partial charge >= 0.3 is 12.2 Å². The summed E-state index contributed by atoms with van der Waals surface area (Å²) in [6.07, 6.45) is -3.38. The number of carbonyl (C=O) groups is 1. The fourth-order valence-corrected chi connectivity index (χ4v) is 5.26. The third-order valence-corrected chi connectivity index (χ3v) is 7.80. The van der Waals surface area contributed by atoms with Gasteiger partial charge in [0.2, 0.25) is 5.82 Å². The lowest BCUT2D eigenvalue weighted by Crippen LogP contribution is -2.27. The van der Waals surface area contributed by atoms with Crippen molar-refractivity contribution in [1.29, 1.82) is 0 Å². The lowest BCUT2D eigenvalue weighted by Gasteiger charge is -2.24. The first-order valence-corrected chi connectivity index (χ1v) is 12.4. The summed E-state index contributed by atoms with van der Waals surface area (Å²) in [6.45, 7) is 1.13. The van der Waals surface area contributed by atoms with E-state index in [2.05, 4.69) is 10.3 Å². The van der Waals surface area contributed by atoms with Crippen LogP contribution in [0.5, 0.6) is 0 Å². The van der Waals surface area contributed by atoms with Crippen LogP contribution < -0.4 is 15.1 Å². The summed E-state index contributed by atoms with van der Waals surface area (Å²) < 4.78 is 75.0. The van der Waals surface area contributed by atoms with Crippen LogP contribution in [0.15, 0.2) is 47.4 Å². The van der Waals surface area contributed by atoms with Gasteiger partial charge in [0, 0.05) is 32.5 Å². The number of imidazole rings is 1. The number of nitrogens with zero attached hydrogens (tertiary/aromatic N) is 3. The number of benzene rings is 2. The van der Waals surface area contributed by atoms with E-state index in [9.17, 15) is 26.4 Å². The largest absolute Gasteiger partial charge is 0.449 e. The van der Waals surface area contributed by atoms with Crippen LogP contribution in [0.1, 0.15) is 18.7 Å². The van der Waals surface area contributed by atoms with Gasteiger partial charge in [-0.1, -0.05) is 0 Å². The molecule has 1 fully saturated rings. The van der Waals surface area contributed by atoms with Gasteiger partial charge in [-0.15, -0.1) is 0 Å². The molecular weight excluding hydrogens is 503 g/mol. The lowest BCUT2D eigenvalue weighted by atomic mass is 10.0. The second-order valence-corrected chi connectivity index (χ2v) is 10.3. The summed E-state index contributed by atoms with van der Waals surface area (Å²) in [5.74, 6) is -1.01. The molecule has 0 saturated carbocycles. The third-order valence-electron chi connectivity index (χ3n) is 6.00. The summed E-state index contributed by atoms with van der Waals surface area (Å²) in [7, 11) is -2.80. The van der Waals surface area contributed by atoms with Crippen molar-refractivity contribution in [2.75, 3.05) is 29.9 Å². The molecule has 0 bridgehead atoms. The summed E-state index contributed by atoms with van der Waals surface area (Å²) in [6, 6.07) is 8.45. The predicted octanol–water partition coefficient (Wildman–Crippen LogP) is 3.82. The van der Waals surface area contributed by atoms with E-state index in [0.717, 1.165) is 8.87 Å². The molecule has 0 aliphatic carbocycles. The minimum Gasteiger partial charge on any atom is -0.381 e. The van der Waals surface area contributed by atoms with Crippen LogP contribution in [-0.4, -0.2) is 49.5 Å². The van der Waals surface area contributed by atoms with Crippen LogP contribution >= 0.6 is 0 Å². The van der Waals surface area contributed by atoms with E-state index < -0.39 is 28.1 Å². The van der Waals surface area contributed by atoms with Gasteiger partial charge in [0.05, 0.1) is 21.6 Å². The number of aromatic nitrogens is 2. The minimum absolute atomic E-state index is 0.0147. The van der Waals surface area contributed by atoms with Crippen LogP contribution in [0.4, 0.5) is 29.3 Å². The second kappa shape index (κ2) is 9.95. The highest BCUT2D eigenvalue weighted by Gasteiger charge is 2.38. The Bertz CT molecular complexity index is 1350. The molecule has 36 heavy (non-hydrogen) atoms. The Kier molecular flexibility index (Phi) is 7.11. The Morgan fingerprint density at radius 1 is 1.19 bits per heavy atom. The molecule has 0 radical (unpaired) electrons. The molecule has 2 aromatic carbocycles. The van der Waals surface area contributed by atoms with Gasteiger partial charge in [-0.25, -0.2) is 23.7 Å². The number of alkyl halides is 3. The van der Waals surface area contributed by atoms with E-state index in [-0.39, 0.29) is 39.8 Å². The monoisotopic (exact) mass is 527 g/mol. The van der Waals surface area contributed by atoms with Crippen molar-refractivity contribution in [3.8, 4) is 0 Å². The first kappa shape index (κ1) is 25.7. The van der Waals surface area contributed by atoms with Crippen LogP contribution in [0.2, 0.25) is 0 Å². The molecule has 1 aliphatic rings. The van der Waals surface area contributed by atoms with Crippen molar-refractivity contribution < 1.29 is 36.3 Å². The van der Waals surface area contributed by atoms with Crippen molar-refractivity contribution >= 4 is 38.5 Å². The van der Waals surface area contributed by atoms with Gasteiger partial charge in [-0.3, -0.25) is 9.51 Å². The molecule has 2 heterocycles. The molecule has 3 N–H and O–H groups in total. The van der Waals surface area contributed by atoms with Crippen molar-refractivity contribution in [3.05, 3.63) is 48.3 Å². The Morgan fingerprint density at radius 3 is 2.47 bits per heavy atom. The Morgan fingerprint density at radius 2 is 1.86 bits per heavy atom. The number of hydrogen-bond acceptors (Lipinski definition) is 6. The number of amides is 2. The molecule has 1 aromatic heterocycles. The van der Waals surface area contributed by atoms with E-state index in [1.165, 1.54) is 55.0 Å². The molecule has 10 nitrogen and oxygen atoms in total. The standard InChI is InChI=1S/C22H24F3N5O5S/c1-29(36(33,34)17-5-2-15(3-6-17)26-21(31)28-32)16-4-7-19-18(12-16)27-20(22(23,24)25)30(19)13-14-8-10-35-11-9-14/h2-7,12,14,32H,8-11,13H2,1H3,(H2,26,28,31). The molecule has 0 unspecified atom stereocenters. The molecular formula is C22H24F3N5O5S. The molecule has 1 aliphatic heterocycles. The van der Waals surface area contributed by atoms with Gasteiger partial charge in [-0.2, -0.15) is 13.2 Å². The highest BCUT2D eigenvalue weighted by atomic mass is 32.2. The number of urea groups is 1.